The predicted octanol–water partition coefficient (Wildman–Crippen LogP) is 4.60. The van der Waals surface area contributed by atoms with Gasteiger partial charge in [-0.05, 0) is 30.9 Å². The lowest BCUT2D eigenvalue weighted by Gasteiger charge is -2.10. The lowest BCUT2D eigenvalue weighted by Crippen LogP contribution is -1.99. The number of unbranched alkanes of at least 4 members (excludes halogenated alkanes) is 3. The maximum Gasteiger partial charge on any atom is 0.122 e. The zero-order valence-corrected chi connectivity index (χ0v) is 10.7. The Morgan fingerprint density at radius 3 is 2.44 bits per heavy atom. The van der Waals surface area contributed by atoms with Gasteiger partial charge < -0.3 is 4.74 Å². The van der Waals surface area contributed by atoms with Gasteiger partial charge in [0.2, 0.25) is 0 Å². The number of rotatable bonds is 8. The minimum Gasteiger partial charge on any atom is -0.493 e. The van der Waals surface area contributed by atoms with Gasteiger partial charge in [-0.3, -0.25) is 0 Å². The Labute approximate surface area is 99.8 Å². The molecule has 0 aliphatic rings. The van der Waals surface area contributed by atoms with Gasteiger partial charge in [-0.2, -0.15) is 0 Å². The highest BCUT2D eigenvalue weighted by Gasteiger charge is 2.01. The number of hydrogen-bond donors (Lipinski definition) is 0. The fourth-order valence-electron chi connectivity index (χ4n) is 1.74. The van der Waals surface area contributed by atoms with Crippen LogP contribution in [0.3, 0.4) is 0 Å². The Balaban J connectivity index is 2.46. The minimum atomic E-state index is 0.849. The summed E-state index contributed by atoms with van der Waals surface area (Å²) in [5.74, 6) is 1.09. The fourth-order valence-corrected chi connectivity index (χ4v) is 1.74. The fraction of sp³-hybridized carbons (Fsp3) is 0.600. The molecule has 0 unspecified atom stereocenters. The van der Waals surface area contributed by atoms with Crippen molar-refractivity contribution in [1.29, 1.82) is 0 Å². The molecule has 0 spiro atoms. The Bertz CT molecular complexity index is 252. The van der Waals surface area contributed by atoms with E-state index < -0.39 is 0 Å². The molecule has 0 bridgehead atoms. The quantitative estimate of drug-likeness (QED) is 0.582. The highest BCUT2D eigenvalue weighted by atomic mass is 16.5. The van der Waals surface area contributed by atoms with Crippen LogP contribution < -0.4 is 4.74 Å². The predicted molar refractivity (Wildman–Crippen MR) is 70.1 cm³/mol. The molecule has 0 radical (unpaired) electrons. The van der Waals surface area contributed by atoms with E-state index in [9.17, 15) is 0 Å². The van der Waals surface area contributed by atoms with E-state index in [1.54, 1.807) is 0 Å². The SMILES string of the molecule is CCCCCc1ccccc1OCCCC. The van der Waals surface area contributed by atoms with Crippen LogP contribution in [-0.2, 0) is 6.42 Å². The van der Waals surface area contributed by atoms with Gasteiger partial charge in [0.15, 0.2) is 0 Å². The third kappa shape index (κ3) is 4.69. The second-order valence-corrected chi connectivity index (χ2v) is 4.27. The van der Waals surface area contributed by atoms with Gasteiger partial charge >= 0.3 is 0 Å². The minimum absolute atomic E-state index is 0.849. The van der Waals surface area contributed by atoms with Crippen molar-refractivity contribution < 1.29 is 4.74 Å². The summed E-state index contributed by atoms with van der Waals surface area (Å²) in [5, 5.41) is 0. The van der Waals surface area contributed by atoms with Crippen molar-refractivity contribution in [3.05, 3.63) is 29.8 Å². The molecule has 0 aromatic heterocycles. The van der Waals surface area contributed by atoms with Crippen LogP contribution in [0, 0.1) is 0 Å². The number of aryl methyl sites for hydroxylation is 1. The molecule has 1 rings (SSSR count). The van der Waals surface area contributed by atoms with E-state index in [0.29, 0.717) is 0 Å². The standard InChI is InChI=1S/C15H24O/c1-3-5-7-10-14-11-8-9-12-15(14)16-13-6-4-2/h8-9,11-12H,3-7,10,13H2,1-2H3. The molecule has 0 saturated heterocycles. The van der Waals surface area contributed by atoms with E-state index in [2.05, 4.69) is 38.1 Å². The second kappa shape index (κ2) is 8.20. The van der Waals surface area contributed by atoms with Crippen molar-refractivity contribution in [1.82, 2.24) is 0 Å². The molecule has 1 aromatic rings. The van der Waals surface area contributed by atoms with E-state index >= 15 is 0 Å². The summed E-state index contributed by atoms with van der Waals surface area (Å²) in [6.45, 7) is 5.28. The van der Waals surface area contributed by atoms with Crippen LogP contribution in [0.15, 0.2) is 24.3 Å². The topological polar surface area (TPSA) is 9.23 Å². The zero-order chi connectivity index (χ0) is 11.6. The Hall–Kier alpha value is -0.980. The second-order valence-electron chi connectivity index (χ2n) is 4.27. The van der Waals surface area contributed by atoms with Crippen LogP contribution in [0.4, 0.5) is 0 Å². The smallest absolute Gasteiger partial charge is 0.122 e. The molecule has 0 N–H and O–H groups in total. The maximum absolute atomic E-state index is 5.81. The number of benzene rings is 1. The van der Waals surface area contributed by atoms with E-state index in [1.807, 2.05) is 0 Å². The monoisotopic (exact) mass is 220 g/mol. The third-order valence-electron chi connectivity index (χ3n) is 2.78. The van der Waals surface area contributed by atoms with Crippen LogP contribution in [0.1, 0.15) is 51.5 Å². The largest absolute Gasteiger partial charge is 0.493 e. The summed E-state index contributed by atoms with van der Waals surface area (Å²) in [7, 11) is 0. The van der Waals surface area contributed by atoms with E-state index in [0.717, 1.165) is 25.2 Å². The van der Waals surface area contributed by atoms with Gasteiger partial charge in [-0.25, -0.2) is 0 Å². The summed E-state index contributed by atoms with van der Waals surface area (Å²) in [4.78, 5) is 0. The average molecular weight is 220 g/mol. The van der Waals surface area contributed by atoms with Gasteiger partial charge in [0.05, 0.1) is 6.61 Å². The molecule has 1 aromatic carbocycles. The lowest BCUT2D eigenvalue weighted by atomic mass is 10.1. The highest BCUT2D eigenvalue weighted by molar-refractivity contribution is 5.33. The summed E-state index contributed by atoms with van der Waals surface area (Å²) in [5.41, 5.74) is 1.37. The molecule has 0 heterocycles. The normalized spacial score (nSPS) is 10.4. The molecule has 0 fully saturated rings. The van der Waals surface area contributed by atoms with E-state index in [1.165, 1.54) is 31.2 Å². The number of para-hydroxylation sites is 1. The summed E-state index contributed by atoms with van der Waals surface area (Å²) < 4.78 is 5.81. The third-order valence-corrected chi connectivity index (χ3v) is 2.78. The molecular weight excluding hydrogens is 196 g/mol. The van der Waals surface area contributed by atoms with Crippen LogP contribution >= 0.6 is 0 Å². The lowest BCUT2D eigenvalue weighted by molar-refractivity contribution is 0.306. The van der Waals surface area contributed by atoms with Crippen LogP contribution in [0.2, 0.25) is 0 Å². The first-order valence-corrected chi connectivity index (χ1v) is 6.59. The van der Waals surface area contributed by atoms with Crippen LogP contribution in [-0.4, -0.2) is 6.61 Å². The van der Waals surface area contributed by atoms with Gasteiger partial charge in [0.1, 0.15) is 5.75 Å². The molecule has 16 heavy (non-hydrogen) atoms. The van der Waals surface area contributed by atoms with Crippen molar-refractivity contribution in [3.8, 4) is 5.75 Å². The molecule has 0 aliphatic heterocycles. The first-order valence-electron chi connectivity index (χ1n) is 6.59. The number of ether oxygens (including phenoxy) is 1. The number of hydrogen-bond acceptors (Lipinski definition) is 1. The van der Waals surface area contributed by atoms with Gasteiger partial charge in [0, 0.05) is 0 Å². The summed E-state index contributed by atoms with van der Waals surface area (Å²) >= 11 is 0. The van der Waals surface area contributed by atoms with Crippen molar-refractivity contribution in [2.75, 3.05) is 6.61 Å². The molecular formula is C15H24O. The summed E-state index contributed by atoms with van der Waals surface area (Å²) in [6, 6.07) is 8.45. The average Bonchev–Trinajstić information content (AvgIpc) is 2.32. The molecule has 1 nitrogen and oxygen atoms in total. The van der Waals surface area contributed by atoms with Crippen molar-refractivity contribution in [3.63, 3.8) is 0 Å². The highest BCUT2D eigenvalue weighted by Crippen LogP contribution is 2.20. The van der Waals surface area contributed by atoms with Crippen LogP contribution in [0.25, 0.3) is 0 Å². The van der Waals surface area contributed by atoms with Crippen molar-refractivity contribution >= 4 is 0 Å². The van der Waals surface area contributed by atoms with E-state index in [4.69, 9.17) is 4.74 Å². The molecule has 90 valence electrons. The van der Waals surface area contributed by atoms with Gasteiger partial charge in [0.25, 0.3) is 0 Å². The Morgan fingerprint density at radius 1 is 0.938 bits per heavy atom. The molecule has 0 atom stereocenters. The summed E-state index contributed by atoms with van der Waals surface area (Å²) in [6.07, 6.45) is 7.34. The molecule has 0 saturated carbocycles. The first-order chi connectivity index (χ1) is 7.88. The molecule has 1 heteroatoms. The van der Waals surface area contributed by atoms with E-state index in [-0.39, 0.29) is 0 Å². The molecule has 0 amide bonds. The van der Waals surface area contributed by atoms with Gasteiger partial charge in [-0.15, -0.1) is 0 Å². The van der Waals surface area contributed by atoms with Crippen molar-refractivity contribution in [2.45, 2.75) is 52.4 Å². The first kappa shape index (κ1) is 13.1. The Kier molecular flexibility index (Phi) is 6.71. The zero-order valence-electron chi connectivity index (χ0n) is 10.7. The maximum atomic E-state index is 5.81. The van der Waals surface area contributed by atoms with Gasteiger partial charge in [-0.1, -0.05) is 51.3 Å². The van der Waals surface area contributed by atoms with Crippen LogP contribution in [0.5, 0.6) is 5.75 Å². The molecule has 0 aliphatic carbocycles. The Morgan fingerprint density at radius 2 is 1.69 bits per heavy atom. The van der Waals surface area contributed by atoms with Crippen molar-refractivity contribution in [2.24, 2.45) is 0 Å².